The van der Waals surface area contributed by atoms with Crippen molar-refractivity contribution in [2.45, 2.75) is 19.0 Å². The van der Waals surface area contributed by atoms with E-state index in [0.29, 0.717) is 16.2 Å². The average Bonchev–Trinajstić information content (AvgIpc) is 2.50. The van der Waals surface area contributed by atoms with Crippen LogP contribution in [0.2, 0.25) is 0 Å². The topological polar surface area (TPSA) is 23.8 Å². The zero-order chi connectivity index (χ0) is 10.1. The molecule has 1 aromatic rings. The third kappa shape index (κ3) is 2.22. The summed E-state index contributed by atoms with van der Waals surface area (Å²) in [5, 5.41) is 8.48. The Balaban J connectivity index is 2.95. The Hall–Kier alpha value is -1.02. The molecule has 1 heterocycles. The van der Waals surface area contributed by atoms with Crippen molar-refractivity contribution in [3.8, 4) is 6.07 Å². The second kappa shape index (κ2) is 3.38. The normalized spacial score (nSPS) is 13.8. The van der Waals surface area contributed by atoms with Gasteiger partial charge in [-0.2, -0.15) is 18.4 Å². The predicted molar refractivity (Wildman–Crippen MR) is 43.3 cm³/mol. The van der Waals surface area contributed by atoms with Gasteiger partial charge < -0.3 is 0 Å². The molecular weight excluding hydrogens is 199 g/mol. The maximum Gasteiger partial charge on any atom is 0.425 e. The molecule has 0 saturated heterocycles. The van der Waals surface area contributed by atoms with E-state index >= 15 is 0 Å². The van der Waals surface area contributed by atoms with Crippen molar-refractivity contribution in [2.24, 2.45) is 0 Å². The molecule has 70 valence electrons. The Morgan fingerprint density at radius 1 is 1.46 bits per heavy atom. The quantitative estimate of drug-likeness (QED) is 0.689. The second-order valence-corrected chi connectivity index (χ2v) is 3.67. The summed E-state index contributed by atoms with van der Waals surface area (Å²) in [5.74, 6) is -0.471. The van der Waals surface area contributed by atoms with Gasteiger partial charge in [0.15, 0.2) is 0 Å². The SMILES string of the molecule is CC(C#N)c1ccc(C(F)(F)F)s1. The van der Waals surface area contributed by atoms with Gasteiger partial charge in [0.25, 0.3) is 0 Å². The van der Waals surface area contributed by atoms with Gasteiger partial charge in [-0.3, -0.25) is 0 Å². The standard InChI is InChI=1S/C8H6F3NS/c1-5(4-12)6-2-3-7(13-6)8(9,10)11/h2-3,5H,1H3. The molecule has 0 saturated carbocycles. The molecule has 0 radical (unpaired) electrons. The van der Waals surface area contributed by atoms with Gasteiger partial charge >= 0.3 is 6.18 Å². The van der Waals surface area contributed by atoms with Gasteiger partial charge in [-0.05, 0) is 19.1 Å². The molecule has 0 aliphatic heterocycles. The van der Waals surface area contributed by atoms with E-state index in [1.54, 1.807) is 6.92 Å². The Labute approximate surface area is 77.4 Å². The molecule has 0 N–H and O–H groups in total. The van der Waals surface area contributed by atoms with Crippen LogP contribution in [-0.2, 0) is 6.18 Å². The van der Waals surface area contributed by atoms with Crippen LogP contribution in [0.5, 0.6) is 0 Å². The smallest absolute Gasteiger partial charge is 0.198 e. The number of hydrogen-bond acceptors (Lipinski definition) is 2. The molecular formula is C8H6F3NS. The monoisotopic (exact) mass is 205 g/mol. The molecule has 0 aliphatic rings. The summed E-state index contributed by atoms with van der Waals surface area (Å²) in [6.45, 7) is 1.58. The first-order chi connectivity index (χ1) is 5.95. The van der Waals surface area contributed by atoms with E-state index in [1.807, 2.05) is 6.07 Å². The zero-order valence-corrected chi connectivity index (χ0v) is 7.54. The van der Waals surface area contributed by atoms with Crippen LogP contribution >= 0.6 is 11.3 Å². The van der Waals surface area contributed by atoms with Gasteiger partial charge in [-0.15, -0.1) is 11.3 Å². The highest BCUT2D eigenvalue weighted by molar-refractivity contribution is 7.12. The van der Waals surface area contributed by atoms with Crippen LogP contribution in [0.4, 0.5) is 13.2 Å². The number of thiophene rings is 1. The van der Waals surface area contributed by atoms with Crippen LogP contribution in [0.1, 0.15) is 22.6 Å². The third-order valence-electron chi connectivity index (χ3n) is 1.53. The fourth-order valence-corrected chi connectivity index (χ4v) is 1.67. The molecule has 5 heteroatoms. The van der Waals surface area contributed by atoms with Crippen molar-refractivity contribution in [1.29, 1.82) is 5.26 Å². The van der Waals surface area contributed by atoms with Gasteiger partial charge in [0, 0.05) is 4.88 Å². The summed E-state index contributed by atoms with van der Waals surface area (Å²) in [4.78, 5) is -0.195. The minimum atomic E-state index is -4.29. The first kappa shape index (κ1) is 10.1. The molecule has 0 amide bonds. The molecule has 1 atom stereocenters. The number of nitriles is 1. The van der Waals surface area contributed by atoms with E-state index in [9.17, 15) is 13.2 Å². The van der Waals surface area contributed by atoms with Crippen LogP contribution in [-0.4, -0.2) is 0 Å². The number of alkyl halides is 3. The summed E-state index contributed by atoms with van der Waals surface area (Å²) in [6, 6.07) is 4.25. The number of hydrogen-bond donors (Lipinski definition) is 0. The van der Waals surface area contributed by atoms with Crippen LogP contribution in [0.15, 0.2) is 12.1 Å². The van der Waals surface area contributed by atoms with Crippen LogP contribution in [0.25, 0.3) is 0 Å². The molecule has 1 nitrogen and oxygen atoms in total. The molecule has 0 aliphatic carbocycles. The maximum absolute atomic E-state index is 12.1. The zero-order valence-electron chi connectivity index (χ0n) is 6.72. The summed E-state index contributed by atoms with van der Waals surface area (Å²) in [7, 11) is 0. The van der Waals surface area contributed by atoms with Gasteiger partial charge in [0.1, 0.15) is 4.88 Å². The second-order valence-electron chi connectivity index (χ2n) is 2.55. The van der Waals surface area contributed by atoms with E-state index in [-0.39, 0.29) is 0 Å². The van der Waals surface area contributed by atoms with Crippen molar-refractivity contribution < 1.29 is 13.2 Å². The van der Waals surface area contributed by atoms with Crippen molar-refractivity contribution in [1.82, 2.24) is 0 Å². The number of rotatable bonds is 1. The first-order valence-electron chi connectivity index (χ1n) is 3.51. The summed E-state index contributed by atoms with van der Waals surface area (Å²) in [6.07, 6.45) is -4.29. The molecule has 13 heavy (non-hydrogen) atoms. The van der Waals surface area contributed by atoms with E-state index in [0.717, 1.165) is 6.07 Å². The molecule has 1 aromatic heterocycles. The van der Waals surface area contributed by atoms with Crippen molar-refractivity contribution in [2.75, 3.05) is 0 Å². The number of nitrogens with zero attached hydrogens (tertiary/aromatic N) is 1. The maximum atomic E-state index is 12.1. The lowest BCUT2D eigenvalue weighted by Gasteiger charge is -2.01. The lowest BCUT2D eigenvalue weighted by Crippen LogP contribution is -2.00. The van der Waals surface area contributed by atoms with Crippen LogP contribution < -0.4 is 0 Å². The highest BCUT2D eigenvalue weighted by Crippen LogP contribution is 2.36. The molecule has 1 rings (SSSR count). The molecule has 0 bridgehead atoms. The predicted octanol–water partition coefficient (Wildman–Crippen LogP) is 3.39. The van der Waals surface area contributed by atoms with E-state index < -0.39 is 17.0 Å². The van der Waals surface area contributed by atoms with E-state index in [1.165, 1.54) is 6.07 Å². The van der Waals surface area contributed by atoms with Gasteiger partial charge in [0.05, 0.1) is 12.0 Å². The Kier molecular flexibility index (Phi) is 2.62. The van der Waals surface area contributed by atoms with Crippen molar-refractivity contribution in [3.05, 3.63) is 21.9 Å². The first-order valence-corrected chi connectivity index (χ1v) is 4.33. The molecule has 0 fully saturated rings. The molecule has 1 unspecified atom stereocenters. The van der Waals surface area contributed by atoms with Gasteiger partial charge in [-0.25, -0.2) is 0 Å². The Morgan fingerprint density at radius 3 is 2.46 bits per heavy atom. The highest BCUT2D eigenvalue weighted by Gasteiger charge is 2.32. The number of halogens is 3. The fourth-order valence-electron chi connectivity index (χ4n) is 0.802. The highest BCUT2D eigenvalue weighted by atomic mass is 32.1. The van der Waals surface area contributed by atoms with Gasteiger partial charge in [-0.1, -0.05) is 0 Å². The summed E-state index contributed by atoms with van der Waals surface area (Å²) >= 11 is 0.625. The van der Waals surface area contributed by atoms with Crippen LogP contribution in [0.3, 0.4) is 0 Å². The lowest BCUT2D eigenvalue weighted by atomic mass is 10.2. The van der Waals surface area contributed by atoms with E-state index in [2.05, 4.69) is 0 Å². The minimum absolute atomic E-state index is 0.454. The molecule has 0 aromatic carbocycles. The minimum Gasteiger partial charge on any atom is -0.198 e. The van der Waals surface area contributed by atoms with E-state index in [4.69, 9.17) is 5.26 Å². The van der Waals surface area contributed by atoms with Crippen LogP contribution in [0, 0.1) is 11.3 Å². The Bertz CT molecular complexity index is 334. The largest absolute Gasteiger partial charge is 0.425 e. The fraction of sp³-hybridized carbons (Fsp3) is 0.375. The summed E-state index contributed by atoms with van der Waals surface area (Å²) < 4.78 is 36.3. The summed E-state index contributed by atoms with van der Waals surface area (Å²) in [5.41, 5.74) is 0. The van der Waals surface area contributed by atoms with Crippen molar-refractivity contribution in [3.63, 3.8) is 0 Å². The Morgan fingerprint density at radius 2 is 2.08 bits per heavy atom. The average molecular weight is 205 g/mol. The van der Waals surface area contributed by atoms with Gasteiger partial charge in [0.2, 0.25) is 0 Å². The third-order valence-corrected chi connectivity index (χ3v) is 2.84. The lowest BCUT2D eigenvalue weighted by molar-refractivity contribution is -0.134. The molecule has 0 spiro atoms. The van der Waals surface area contributed by atoms with Crippen molar-refractivity contribution >= 4 is 11.3 Å².